The summed E-state index contributed by atoms with van der Waals surface area (Å²) in [7, 11) is 1.67. The Morgan fingerprint density at radius 1 is 1.25 bits per heavy atom. The first kappa shape index (κ1) is 16.1. The van der Waals surface area contributed by atoms with E-state index in [1.807, 2.05) is 0 Å². The van der Waals surface area contributed by atoms with Gasteiger partial charge in [0.05, 0.1) is 4.92 Å². The van der Waals surface area contributed by atoms with E-state index < -0.39 is 4.92 Å². The minimum Gasteiger partial charge on any atom is -0.396 e. The van der Waals surface area contributed by atoms with Gasteiger partial charge in [-0.1, -0.05) is 12.8 Å². The average Bonchev–Trinajstić information content (AvgIpc) is 2.41. The van der Waals surface area contributed by atoms with Crippen LogP contribution in [0.5, 0.6) is 0 Å². The predicted molar refractivity (Wildman–Crippen MR) is 77.0 cm³/mol. The molecular weight excluding hydrogens is 262 g/mol. The quantitative estimate of drug-likeness (QED) is 0.359. The van der Waals surface area contributed by atoms with Gasteiger partial charge in [-0.3, -0.25) is 10.1 Å². The maximum absolute atomic E-state index is 11.1. The number of unbranched alkanes of at least 4 members (excludes halogenated alkanes) is 3. The summed E-state index contributed by atoms with van der Waals surface area (Å²) in [4.78, 5) is 18.7. The molecule has 0 saturated heterocycles. The van der Waals surface area contributed by atoms with Crippen molar-refractivity contribution in [3.05, 3.63) is 15.8 Å². The highest BCUT2D eigenvalue weighted by Crippen LogP contribution is 2.26. The minimum absolute atomic E-state index is 0.0839. The zero-order valence-electron chi connectivity index (χ0n) is 11.8. The number of hydrogen-bond acceptors (Lipinski definition) is 7. The van der Waals surface area contributed by atoms with Crippen molar-refractivity contribution in [3.8, 4) is 0 Å². The Morgan fingerprint density at radius 2 is 1.95 bits per heavy atom. The van der Waals surface area contributed by atoms with Gasteiger partial charge in [0, 0.05) is 20.2 Å². The van der Waals surface area contributed by atoms with Crippen LogP contribution >= 0.6 is 0 Å². The Morgan fingerprint density at radius 3 is 2.55 bits per heavy atom. The Hall–Kier alpha value is -1.96. The number of nitrogens with one attached hydrogen (secondary N) is 2. The number of hydrogen-bond donors (Lipinski definition) is 3. The van der Waals surface area contributed by atoms with Gasteiger partial charge in [-0.05, 0) is 19.8 Å². The second-order valence-corrected chi connectivity index (χ2v) is 4.40. The summed E-state index contributed by atoms with van der Waals surface area (Å²) in [6.07, 6.45) is 3.57. The van der Waals surface area contributed by atoms with Gasteiger partial charge < -0.3 is 15.7 Å². The van der Waals surface area contributed by atoms with Crippen molar-refractivity contribution in [2.45, 2.75) is 32.6 Å². The lowest BCUT2D eigenvalue weighted by Gasteiger charge is -2.09. The van der Waals surface area contributed by atoms with Crippen molar-refractivity contribution >= 4 is 17.5 Å². The summed E-state index contributed by atoms with van der Waals surface area (Å²) in [5, 5.41) is 25.5. The molecule has 20 heavy (non-hydrogen) atoms. The Balaban J connectivity index is 2.67. The Kier molecular flexibility index (Phi) is 6.65. The van der Waals surface area contributed by atoms with Crippen molar-refractivity contribution < 1.29 is 10.0 Å². The molecule has 0 aromatic carbocycles. The van der Waals surface area contributed by atoms with Crippen LogP contribution in [0.4, 0.5) is 17.5 Å². The molecule has 0 unspecified atom stereocenters. The molecule has 1 aromatic heterocycles. The van der Waals surface area contributed by atoms with Gasteiger partial charge >= 0.3 is 5.69 Å². The molecule has 1 aromatic rings. The molecule has 0 bridgehead atoms. The molecule has 8 heteroatoms. The topological polar surface area (TPSA) is 113 Å². The number of anilines is 2. The van der Waals surface area contributed by atoms with Gasteiger partial charge in [0.1, 0.15) is 5.69 Å². The maximum Gasteiger partial charge on any atom is 0.332 e. The second-order valence-electron chi connectivity index (χ2n) is 4.40. The highest BCUT2D eigenvalue weighted by atomic mass is 16.6. The monoisotopic (exact) mass is 283 g/mol. The van der Waals surface area contributed by atoms with E-state index >= 15 is 0 Å². The zero-order valence-corrected chi connectivity index (χ0v) is 11.8. The smallest absolute Gasteiger partial charge is 0.332 e. The van der Waals surface area contributed by atoms with Crippen LogP contribution in [0, 0.1) is 17.0 Å². The number of nitrogens with zero attached hydrogens (tertiary/aromatic N) is 3. The van der Waals surface area contributed by atoms with Crippen LogP contribution in [-0.2, 0) is 0 Å². The molecule has 0 atom stereocenters. The van der Waals surface area contributed by atoms with E-state index in [9.17, 15) is 10.1 Å². The van der Waals surface area contributed by atoms with Gasteiger partial charge in [0.25, 0.3) is 0 Å². The lowest BCUT2D eigenvalue weighted by molar-refractivity contribution is -0.385. The normalized spacial score (nSPS) is 10.3. The molecular formula is C12H21N5O3. The third-order valence-electron chi connectivity index (χ3n) is 2.84. The summed E-state index contributed by atoms with van der Waals surface area (Å²) in [5.41, 5.74) is 0.247. The molecule has 1 rings (SSSR count). The summed E-state index contributed by atoms with van der Waals surface area (Å²) >= 11 is 0. The van der Waals surface area contributed by atoms with Crippen LogP contribution in [0.15, 0.2) is 0 Å². The standard InChI is InChI=1S/C12H21N5O3/c1-9-10(17(19)20)11(16-12(13-2)15-9)14-7-5-3-4-6-8-18/h18H,3-8H2,1-2H3,(H2,13,14,15,16). The SMILES string of the molecule is CNc1nc(C)c([N+](=O)[O-])c(NCCCCCCO)n1. The van der Waals surface area contributed by atoms with E-state index in [4.69, 9.17) is 5.11 Å². The number of aromatic nitrogens is 2. The van der Waals surface area contributed by atoms with Crippen LogP contribution in [0.2, 0.25) is 0 Å². The first-order chi connectivity index (χ1) is 9.60. The van der Waals surface area contributed by atoms with Gasteiger partial charge in [-0.2, -0.15) is 4.98 Å². The minimum atomic E-state index is -0.469. The van der Waals surface area contributed by atoms with Crippen LogP contribution < -0.4 is 10.6 Å². The third kappa shape index (κ3) is 4.61. The molecule has 0 aliphatic rings. The fraction of sp³-hybridized carbons (Fsp3) is 0.667. The fourth-order valence-electron chi connectivity index (χ4n) is 1.82. The molecule has 0 spiro atoms. The van der Waals surface area contributed by atoms with Crippen molar-refractivity contribution in [2.75, 3.05) is 30.8 Å². The number of aliphatic hydroxyl groups excluding tert-OH is 1. The summed E-state index contributed by atoms with van der Waals surface area (Å²) in [5.74, 6) is 0.602. The van der Waals surface area contributed by atoms with E-state index in [2.05, 4.69) is 20.6 Å². The van der Waals surface area contributed by atoms with E-state index in [1.165, 1.54) is 0 Å². The van der Waals surface area contributed by atoms with Gasteiger partial charge in [-0.25, -0.2) is 4.98 Å². The Labute approximate surface area is 117 Å². The van der Waals surface area contributed by atoms with E-state index in [1.54, 1.807) is 14.0 Å². The first-order valence-electron chi connectivity index (χ1n) is 6.65. The van der Waals surface area contributed by atoms with Crippen molar-refractivity contribution in [3.63, 3.8) is 0 Å². The fourth-order valence-corrected chi connectivity index (χ4v) is 1.82. The second kappa shape index (κ2) is 8.26. The van der Waals surface area contributed by atoms with Gasteiger partial charge in [-0.15, -0.1) is 0 Å². The van der Waals surface area contributed by atoms with Crippen LogP contribution in [0.3, 0.4) is 0 Å². The van der Waals surface area contributed by atoms with E-state index in [0.29, 0.717) is 18.2 Å². The molecule has 112 valence electrons. The molecule has 0 radical (unpaired) electrons. The van der Waals surface area contributed by atoms with Crippen molar-refractivity contribution in [2.24, 2.45) is 0 Å². The zero-order chi connectivity index (χ0) is 15.0. The number of aliphatic hydroxyl groups is 1. The molecule has 1 heterocycles. The molecule has 0 amide bonds. The summed E-state index contributed by atoms with van der Waals surface area (Å²) in [6.45, 7) is 2.40. The van der Waals surface area contributed by atoms with Crippen LogP contribution in [0.25, 0.3) is 0 Å². The van der Waals surface area contributed by atoms with Crippen LogP contribution in [0.1, 0.15) is 31.4 Å². The third-order valence-corrected chi connectivity index (χ3v) is 2.84. The average molecular weight is 283 g/mol. The van der Waals surface area contributed by atoms with E-state index in [0.717, 1.165) is 25.7 Å². The molecule has 0 aliphatic heterocycles. The first-order valence-corrected chi connectivity index (χ1v) is 6.65. The largest absolute Gasteiger partial charge is 0.396 e. The summed E-state index contributed by atoms with van der Waals surface area (Å²) in [6, 6.07) is 0. The molecule has 0 fully saturated rings. The molecule has 3 N–H and O–H groups in total. The highest BCUT2D eigenvalue weighted by Gasteiger charge is 2.21. The van der Waals surface area contributed by atoms with Gasteiger partial charge in [0.15, 0.2) is 0 Å². The van der Waals surface area contributed by atoms with Crippen molar-refractivity contribution in [1.29, 1.82) is 0 Å². The predicted octanol–water partition coefficient (Wildman–Crippen LogP) is 1.70. The summed E-state index contributed by atoms with van der Waals surface area (Å²) < 4.78 is 0. The maximum atomic E-state index is 11.1. The van der Waals surface area contributed by atoms with Gasteiger partial charge in [0.2, 0.25) is 11.8 Å². The molecule has 0 saturated carbocycles. The molecule has 0 aliphatic carbocycles. The lowest BCUT2D eigenvalue weighted by atomic mass is 10.2. The number of aryl methyl sites for hydroxylation is 1. The Bertz CT molecular complexity index is 453. The van der Waals surface area contributed by atoms with Crippen LogP contribution in [-0.4, -0.2) is 40.2 Å². The molecule has 8 nitrogen and oxygen atoms in total. The van der Waals surface area contributed by atoms with Crippen molar-refractivity contribution in [1.82, 2.24) is 9.97 Å². The number of nitro groups is 1. The number of rotatable bonds is 9. The van der Waals surface area contributed by atoms with E-state index in [-0.39, 0.29) is 18.1 Å². The lowest BCUT2D eigenvalue weighted by Crippen LogP contribution is -2.10. The highest BCUT2D eigenvalue weighted by molar-refractivity contribution is 5.60.